The van der Waals surface area contributed by atoms with Gasteiger partial charge in [0.15, 0.2) is 5.82 Å². The molecule has 150 valence electrons. The SMILES string of the molecule is COc1ccc(OC)c(CN2CC(c3noc(-c4cccc(F)c4)n3)CC2=O)c1. The maximum absolute atomic E-state index is 13.4. The van der Waals surface area contributed by atoms with Crippen LogP contribution in [0.5, 0.6) is 11.5 Å². The van der Waals surface area contributed by atoms with Crippen molar-refractivity contribution in [3.63, 3.8) is 0 Å². The normalized spacial score (nSPS) is 16.3. The van der Waals surface area contributed by atoms with Crippen LogP contribution < -0.4 is 9.47 Å². The standard InChI is InChI=1S/C21H20FN3O4/c1-27-17-6-7-18(28-2)14(9-17)11-25-12-15(10-19(25)26)20-23-21(29-24-20)13-4-3-5-16(22)8-13/h3-9,15H,10-12H2,1-2H3. The fraction of sp³-hybridized carbons (Fsp3) is 0.286. The summed E-state index contributed by atoms with van der Waals surface area (Å²) in [5, 5.41) is 4.01. The van der Waals surface area contributed by atoms with Gasteiger partial charge in [-0.15, -0.1) is 0 Å². The van der Waals surface area contributed by atoms with Gasteiger partial charge in [0.05, 0.1) is 14.2 Å². The van der Waals surface area contributed by atoms with E-state index in [2.05, 4.69) is 10.1 Å². The Morgan fingerprint density at radius 2 is 2.07 bits per heavy atom. The fourth-order valence-corrected chi connectivity index (χ4v) is 3.45. The number of amides is 1. The van der Waals surface area contributed by atoms with Gasteiger partial charge < -0.3 is 18.9 Å². The van der Waals surface area contributed by atoms with Gasteiger partial charge >= 0.3 is 0 Å². The predicted octanol–water partition coefficient (Wildman–Crippen LogP) is 3.41. The molecule has 0 radical (unpaired) electrons. The number of aromatic nitrogens is 2. The zero-order valence-corrected chi connectivity index (χ0v) is 16.1. The number of likely N-dealkylation sites (tertiary alicyclic amines) is 1. The summed E-state index contributed by atoms with van der Waals surface area (Å²) in [6.45, 7) is 0.853. The molecule has 0 N–H and O–H groups in total. The molecule has 0 spiro atoms. The maximum Gasteiger partial charge on any atom is 0.258 e. The molecule has 1 unspecified atom stereocenters. The summed E-state index contributed by atoms with van der Waals surface area (Å²) >= 11 is 0. The molecule has 8 heteroatoms. The molecule has 2 aromatic carbocycles. The summed E-state index contributed by atoms with van der Waals surface area (Å²) in [4.78, 5) is 18.7. The van der Waals surface area contributed by atoms with Crippen LogP contribution in [0.1, 0.15) is 23.7 Å². The lowest BCUT2D eigenvalue weighted by Crippen LogP contribution is -2.24. The van der Waals surface area contributed by atoms with Crippen LogP contribution in [0.4, 0.5) is 4.39 Å². The summed E-state index contributed by atoms with van der Waals surface area (Å²) in [5.41, 5.74) is 1.36. The van der Waals surface area contributed by atoms with E-state index in [0.717, 1.165) is 5.56 Å². The first-order valence-electron chi connectivity index (χ1n) is 9.15. The molecule has 1 aliphatic heterocycles. The van der Waals surface area contributed by atoms with Gasteiger partial charge in [-0.2, -0.15) is 4.98 Å². The molecular weight excluding hydrogens is 377 g/mol. The van der Waals surface area contributed by atoms with Crippen molar-refractivity contribution in [1.29, 1.82) is 0 Å². The van der Waals surface area contributed by atoms with Crippen LogP contribution in [-0.4, -0.2) is 41.7 Å². The van der Waals surface area contributed by atoms with Crippen LogP contribution >= 0.6 is 0 Å². The van der Waals surface area contributed by atoms with Crippen LogP contribution in [0.15, 0.2) is 47.0 Å². The predicted molar refractivity (Wildman–Crippen MR) is 102 cm³/mol. The smallest absolute Gasteiger partial charge is 0.258 e. The fourth-order valence-electron chi connectivity index (χ4n) is 3.45. The highest BCUT2D eigenvalue weighted by molar-refractivity contribution is 5.79. The number of methoxy groups -OCH3 is 2. The van der Waals surface area contributed by atoms with E-state index in [4.69, 9.17) is 14.0 Å². The lowest BCUT2D eigenvalue weighted by atomic mass is 10.1. The number of hydrogen-bond donors (Lipinski definition) is 0. The Morgan fingerprint density at radius 3 is 2.83 bits per heavy atom. The zero-order valence-electron chi connectivity index (χ0n) is 16.1. The number of halogens is 1. The zero-order chi connectivity index (χ0) is 20.4. The number of hydrogen-bond acceptors (Lipinski definition) is 6. The Bertz CT molecular complexity index is 1040. The number of benzene rings is 2. The Hall–Kier alpha value is -3.42. The Kier molecular flexibility index (Phi) is 5.16. The van der Waals surface area contributed by atoms with Gasteiger partial charge in [-0.25, -0.2) is 4.39 Å². The topological polar surface area (TPSA) is 77.7 Å². The number of rotatable bonds is 6. The molecule has 4 rings (SSSR count). The van der Waals surface area contributed by atoms with Crippen LogP contribution in [0.25, 0.3) is 11.5 Å². The molecule has 2 heterocycles. The summed E-state index contributed by atoms with van der Waals surface area (Å²) < 4.78 is 29.4. The molecule has 0 saturated carbocycles. The summed E-state index contributed by atoms with van der Waals surface area (Å²) in [7, 11) is 3.18. The van der Waals surface area contributed by atoms with Crippen molar-refractivity contribution in [3.8, 4) is 23.0 Å². The third kappa shape index (κ3) is 3.91. The molecular formula is C21H20FN3O4. The number of ether oxygens (including phenoxy) is 2. The molecule has 1 fully saturated rings. The van der Waals surface area contributed by atoms with Crippen molar-refractivity contribution in [1.82, 2.24) is 15.0 Å². The van der Waals surface area contributed by atoms with Crippen LogP contribution in [0.2, 0.25) is 0 Å². The van der Waals surface area contributed by atoms with Crippen molar-refractivity contribution in [2.45, 2.75) is 18.9 Å². The van der Waals surface area contributed by atoms with E-state index in [1.54, 1.807) is 31.3 Å². The highest BCUT2D eigenvalue weighted by Gasteiger charge is 2.34. The average Bonchev–Trinajstić information content (AvgIpc) is 3.35. The lowest BCUT2D eigenvalue weighted by molar-refractivity contribution is -0.128. The second kappa shape index (κ2) is 7.90. The van der Waals surface area contributed by atoms with Gasteiger partial charge in [0.2, 0.25) is 5.91 Å². The van der Waals surface area contributed by atoms with E-state index in [9.17, 15) is 9.18 Å². The number of nitrogens with zero attached hydrogens (tertiary/aromatic N) is 3. The van der Waals surface area contributed by atoms with E-state index < -0.39 is 0 Å². The molecule has 1 aromatic heterocycles. The van der Waals surface area contributed by atoms with Gasteiger partial charge in [-0.05, 0) is 36.4 Å². The van der Waals surface area contributed by atoms with Crippen molar-refractivity contribution in [3.05, 3.63) is 59.7 Å². The van der Waals surface area contributed by atoms with Crippen LogP contribution in [-0.2, 0) is 11.3 Å². The first-order chi connectivity index (χ1) is 14.1. The Morgan fingerprint density at radius 1 is 1.21 bits per heavy atom. The largest absolute Gasteiger partial charge is 0.497 e. The molecule has 29 heavy (non-hydrogen) atoms. The monoisotopic (exact) mass is 397 g/mol. The molecule has 0 aliphatic carbocycles. The molecule has 0 bridgehead atoms. The van der Waals surface area contributed by atoms with Gasteiger partial charge in [0.1, 0.15) is 17.3 Å². The van der Waals surface area contributed by atoms with Gasteiger partial charge in [0, 0.05) is 36.6 Å². The van der Waals surface area contributed by atoms with Crippen molar-refractivity contribution < 1.29 is 23.2 Å². The molecule has 7 nitrogen and oxygen atoms in total. The molecule has 1 amide bonds. The maximum atomic E-state index is 13.4. The molecule has 1 saturated heterocycles. The van der Waals surface area contributed by atoms with Crippen LogP contribution in [0.3, 0.4) is 0 Å². The molecule has 3 aromatic rings. The van der Waals surface area contributed by atoms with Crippen LogP contribution in [0, 0.1) is 5.82 Å². The minimum atomic E-state index is -0.378. The minimum absolute atomic E-state index is 0.00280. The molecule has 1 aliphatic rings. The van der Waals surface area contributed by atoms with E-state index in [0.29, 0.717) is 36.0 Å². The van der Waals surface area contributed by atoms with E-state index >= 15 is 0 Å². The Balaban J connectivity index is 1.50. The average molecular weight is 397 g/mol. The highest BCUT2D eigenvalue weighted by Crippen LogP contribution is 2.32. The number of carbonyl (C=O) groups excluding carboxylic acids is 1. The van der Waals surface area contributed by atoms with Crippen molar-refractivity contribution in [2.75, 3.05) is 20.8 Å². The third-order valence-corrected chi connectivity index (χ3v) is 4.94. The summed E-state index contributed by atoms with van der Waals surface area (Å²) in [6.07, 6.45) is 0.286. The summed E-state index contributed by atoms with van der Waals surface area (Å²) in [6, 6.07) is 11.4. The van der Waals surface area contributed by atoms with E-state index in [1.807, 2.05) is 18.2 Å². The van der Waals surface area contributed by atoms with Crippen molar-refractivity contribution >= 4 is 5.91 Å². The Labute approximate surface area is 167 Å². The summed E-state index contributed by atoms with van der Waals surface area (Å²) in [5.74, 6) is 1.49. The van der Waals surface area contributed by atoms with Crippen molar-refractivity contribution in [2.24, 2.45) is 0 Å². The van der Waals surface area contributed by atoms with Gasteiger partial charge in [-0.3, -0.25) is 4.79 Å². The van der Waals surface area contributed by atoms with Gasteiger partial charge in [-0.1, -0.05) is 11.2 Å². The first kappa shape index (κ1) is 18.9. The number of carbonyl (C=O) groups is 1. The minimum Gasteiger partial charge on any atom is -0.497 e. The van der Waals surface area contributed by atoms with E-state index in [1.165, 1.54) is 12.1 Å². The van der Waals surface area contributed by atoms with Gasteiger partial charge in [0.25, 0.3) is 5.89 Å². The second-order valence-corrected chi connectivity index (χ2v) is 6.82. The lowest BCUT2D eigenvalue weighted by Gasteiger charge is -2.18. The molecule has 1 atom stereocenters. The quantitative estimate of drug-likeness (QED) is 0.634. The van der Waals surface area contributed by atoms with E-state index in [-0.39, 0.29) is 30.0 Å². The highest BCUT2D eigenvalue weighted by atomic mass is 19.1. The third-order valence-electron chi connectivity index (χ3n) is 4.94. The first-order valence-corrected chi connectivity index (χ1v) is 9.15. The second-order valence-electron chi connectivity index (χ2n) is 6.82.